The molecule has 18 heavy (non-hydrogen) atoms. The topological polar surface area (TPSA) is 75.4 Å². The third kappa shape index (κ3) is 4.72. The number of nitrogens with two attached hydrogens (primary N) is 1. The molecule has 0 radical (unpaired) electrons. The summed E-state index contributed by atoms with van der Waals surface area (Å²) in [6.07, 6.45) is 0.873. The maximum absolute atomic E-state index is 11.7. The highest BCUT2D eigenvalue weighted by molar-refractivity contribution is 6.37. The molecule has 0 aliphatic carbocycles. The van der Waals surface area contributed by atoms with Crippen molar-refractivity contribution in [1.82, 2.24) is 0 Å². The van der Waals surface area contributed by atoms with Gasteiger partial charge in [-0.2, -0.15) is 0 Å². The minimum Gasteiger partial charge on any atom is -0.505 e. The van der Waals surface area contributed by atoms with E-state index in [1.54, 1.807) is 0 Å². The molecular weight excluding hydrogens is 275 g/mol. The van der Waals surface area contributed by atoms with Crippen molar-refractivity contribution in [3.8, 4) is 5.75 Å². The summed E-state index contributed by atoms with van der Waals surface area (Å²) in [4.78, 5) is 11.7. The number of carbonyl (C=O) groups is 1. The monoisotopic (exact) mass is 290 g/mol. The van der Waals surface area contributed by atoms with Gasteiger partial charge in [0.15, 0.2) is 5.75 Å². The lowest BCUT2D eigenvalue weighted by molar-refractivity contribution is -0.116. The molecule has 0 aromatic heterocycles. The Hall–Kier alpha value is -0.970. The lowest BCUT2D eigenvalue weighted by atomic mass is 10.00. The van der Waals surface area contributed by atoms with Crippen LogP contribution in [0.1, 0.15) is 26.7 Å². The average Bonchev–Trinajstić information content (AvgIpc) is 2.22. The van der Waals surface area contributed by atoms with Crippen molar-refractivity contribution < 1.29 is 9.90 Å². The van der Waals surface area contributed by atoms with Crippen LogP contribution in [0.15, 0.2) is 12.1 Å². The van der Waals surface area contributed by atoms with Crippen LogP contribution in [-0.2, 0) is 4.79 Å². The van der Waals surface area contributed by atoms with Crippen LogP contribution < -0.4 is 11.1 Å². The fraction of sp³-hybridized carbons (Fsp3) is 0.417. The van der Waals surface area contributed by atoms with Gasteiger partial charge in [-0.05, 0) is 32.4 Å². The van der Waals surface area contributed by atoms with Crippen molar-refractivity contribution >= 4 is 34.8 Å². The number of rotatable bonds is 4. The molecule has 1 aromatic carbocycles. The first-order valence-corrected chi connectivity index (χ1v) is 6.21. The highest BCUT2D eigenvalue weighted by atomic mass is 35.5. The van der Waals surface area contributed by atoms with E-state index in [1.807, 2.05) is 13.8 Å². The Kier molecular flexibility index (Phi) is 4.85. The number of hydrogen-bond acceptors (Lipinski definition) is 3. The molecule has 4 nitrogen and oxygen atoms in total. The van der Waals surface area contributed by atoms with Crippen molar-refractivity contribution in [3.05, 3.63) is 22.2 Å². The highest BCUT2D eigenvalue weighted by Gasteiger charge is 2.14. The van der Waals surface area contributed by atoms with E-state index < -0.39 is 0 Å². The van der Waals surface area contributed by atoms with Crippen molar-refractivity contribution in [2.75, 3.05) is 5.32 Å². The first-order valence-electron chi connectivity index (χ1n) is 5.46. The van der Waals surface area contributed by atoms with Gasteiger partial charge in [-0.1, -0.05) is 23.2 Å². The molecule has 0 aliphatic rings. The molecule has 6 heteroatoms. The van der Waals surface area contributed by atoms with E-state index in [4.69, 9.17) is 28.9 Å². The molecule has 0 atom stereocenters. The van der Waals surface area contributed by atoms with Gasteiger partial charge in [-0.3, -0.25) is 4.79 Å². The van der Waals surface area contributed by atoms with Crippen molar-refractivity contribution in [2.45, 2.75) is 32.2 Å². The summed E-state index contributed by atoms with van der Waals surface area (Å²) in [5.74, 6) is -0.370. The van der Waals surface area contributed by atoms with E-state index in [-0.39, 0.29) is 27.2 Å². The van der Waals surface area contributed by atoms with Gasteiger partial charge in [0.25, 0.3) is 0 Å². The molecule has 0 fully saturated rings. The van der Waals surface area contributed by atoms with Crippen LogP contribution in [0.25, 0.3) is 0 Å². The van der Waals surface area contributed by atoms with Crippen LogP contribution in [-0.4, -0.2) is 16.6 Å². The van der Waals surface area contributed by atoms with E-state index in [0.717, 1.165) is 0 Å². The van der Waals surface area contributed by atoms with Crippen LogP contribution in [0.2, 0.25) is 10.0 Å². The molecule has 4 N–H and O–H groups in total. The number of benzene rings is 1. The van der Waals surface area contributed by atoms with Gasteiger partial charge in [-0.15, -0.1) is 0 Å². The lowest BCUT2D eigenvalue weighted by Crippen LogP contribution is -2.33. The third-order valence-corrected chi connectivity index (χ3v) is 2.87. The van der Waals surface area contributed by atoms with Gasteiger partial charge in [0.1, 0.15) is 0 Å². The molecule has 0 unspecified atom stereocenters. The maximum atomic E-state index is 11.7. The second-order valence-corrected chi connectivity index (χ2v) is 5.64. The van der Waals surface area contributed by atoms with E-state index in [2.05, 4.69) is 5.32 Å². The molecule has 1 rings (SSSR count). The molecular formula is C12H16Cl2N2O2. The van der Waals surface area contributed by atoms with E-state index in [1.165, 1.54) is 12.1 Å². The summed E-state index contributed by atoms with van der Waals surface area (Å²) in [5, 5.41) is 12.2. The third-order valence-electron chi connectivity index (χ3n) is 2.30. The van der Waals surface area contributed by atoms with Crippen LogP contribution in [0.4, 0.5) is 5.69 Å². The Bertz CT molecular complexity index is 433. The quantitative estimate of drug-likeness (QED) is 0.746. The SMILES string of the molecule is CC(C)(N)CCC(=O)Nc1cc(Cl)c(O)c(Cl)c1. The molecule has 0 saturated heterocycles. The van der Waals surface area contributed by atoms with Crippen molar-refractivity contribution in [1.29, 1.82) is 0 Å². The zero-order valence-corrected chi connectivity index (χ0v) is 11.8. The Morgan fingerprint density at radius 3 is 2.33 bits per heavy atom. The van der Waals surface area contributed by atoms with Gasteiger partial charge < -0.3 is 16.2 Å². The molecule has 0 heterocycles. The molecule has 0 saturated carbocycles. The molecule has 0 aliphatic heterocycles. The number of phenolic OH excluding ortho intramolecular Hbond substituents is 1. The zero-order valence-electron chi connectivity index (χ0n) is 10.3. The highest BCUT2D eigenvalue weighted by Crippen LogP contribution is 2.34. The van der Waals surface area contributed by atoms with Gasteiger partial charge >= 0.3 is 0 Å². The summed E-state index contributed by atoms with van der Waals surface area (Å²) in [6.45, 7) is 3.71. The summed E-state index contributed by atoms with van der Waals surface area (Å²) in [6, 6.07) is 2.88. The normalized spacial score (nSPS) is 11.4. The first-order chi connectivity index (χ1) is 8.19. The maximum Gasteiger partial charge on any atom is 0.224 e. The number of halogens is 2. The van der Waals surface area contributed by atoms with Gasteiger partial charge in [0.2, 0.25) is 5.91 Å². The number of carbonyl (C=O) groups excluding carboxylic acids is 1. The fourth-order valence-corrected chi connectivity index (χ4v) is 1.78. The number of amides is 1. The fourth-order valence-electron chi connectivity index (χ4n) is 1.30. The standard InChI is InChI=1S/C12H16Cl2N2O2/c1-12(2,15)4-3-10(17)16-7-5-8(13)11(18)9(14)6-7/h5-6,18H,3-4,15H2,1-2H3,(H,16,17). The van der Waals surface area contributed by atoms with Crippen LogP contribution in [0, 0.1) is 0 Å². The van der Waals surface area contributed by atoms with Gasteiger partial charge in [0, 0.05) is 17.6 Å². The van der Waals surface area contributed by atoms with Crippen LogP contribution in [0.3, 0.4) is 0 Å². The number of hydrogen-bond donors (Lipinski definition) is 3. The summed E-state index contributed by atoms with van der Waals surface area (Å²) >= 11 is 11.5. The van der Waals surface area contributed by atoms with Crippen LogP contribution in [0.5, 0.6) is 5.75 Å². The molecule has 1 amide bonds. The predicted octanol–water partition coefficient (Wildman–Crippen LogP) is 3.16. The molecule has 0 spiro atoms. The Balaban J connectivity index is 2.65. The smallest absolute Gasteiger partial charge is 0.224 e. The molecule has 1 aromatic rings. The lowest BCUT2D eigenvalue weighted by Gasteiger charge is -2.17. The summed E-state index contributed by atoms with van der Waals surface area (Å²) in [5.41, 5.74) is 5.85. The van der Waals surface area contributed by atoms with Crippen molar-refractivity contribution in [3.63, 3.8) is 0 Å². The molecule has 100 valence electrons. The minimum atomic E-state index is -0.387. The van der Waals surface area contributed by atoms with Gasteiger partial charge in [-0.25, -0.2) is 0 Å². The van der Waals surface area contributed by atoms with Crippen molar-refractivity contribution in [2.24, 2.45) is 5.73 Å². The second-order valence-electron chi connectivity index (χ2n) is 4.83. The Morgan fingerprint density at radius 2 is 1.89 bits per heavy atom. The van der Waals surface area contributed by atoms with E-state index >= 15 is 0 Å². The minimum absolute atomic E-state index is 0.0944. The number of anilines is 1. The number of phenols is 1. The number of aromatic hydroxyl groups is 1. The Morgan fingerprint density at radius 1 is 1.39 bits per heavy atom. The van der Waals surface area contributed by atoms with Gasteiger partial charge in [0.05, 0.1) is 10.0 Å². The predicted molar refractivity (Wildman–Crippen MR) is 74.3 cm³/mol. The van der Waals surface area contributed by atoms with E-state index in [0.29, 0.717) is 18.5 Å². The number of nitrogens with one attached hydrogen (secondary N) is 1. The first kappa shape index (κ1) is 15.1. The summed E-state index contributed by atoms with van der Waals surface area (Å²) in [7, 11) is 0. The molecule has 0 bridgehead atoms. The van der Waals surface area contributed by atoms with E-state index in [9.17, 15) is 9.90 Å². The summed E-state index contributed by atoms with van der Waals surface area (Å²) < 4.78 is 0. The average molecular weight is 291 g/mol. The largest absolute Gasteiger partial charge is 0.505 e. The second kappa shape index (κ2) is 5.78. The Labute approximate surface area is 116 Å². The van der Waals surface area contributed by atoms with Crippen LogP contribution >= 0.6 is 23.2 Å². The zero-order chi connectivity index (χ0) is 13.9.